The molecule has 0 aliphatic carbocycles. The molecular formula is C18H22N2O4S. The molecule has 0 spiro atoms. The number of pyridine rings is 1. The third kappa shape index (κ3) is 5.56. The monoisotopic (exact) mass is 362 g/mol. The summed E-state index contributed by atoms with van der Waals surface area (Å²) in [5.74, 6) is 0.134. The molecular weight excluding hydrogens is 340 g/mol. The lowest BCUT2D eigenvalue weighted by atomic mass is 10.1. The maximum Gasteiger partial charge on any atom is 0.238 e. The van der Waals surface area contributed by atoms with Gasteiger partial charge in [0.1, 0.15) is 17.6 Å². The molecule has 1 N–H and O–H groups in total. The van der Waals surface area contributed by atoms with Gasteiger partial charge in [-0.15, -0.1) is 0 Å². The van der Waals surface area contributed by atoms with Crippen LogP contribution in [0.5, 0.6) is 5.75 Å². The summed E-state index contributed by atoms with van der Waals surface area (Å²) in [5.41, 5.74) is 1.64. The Bertz CT molecular complexity index is 822. The SMILES string of the molecule is CC(NC(=O)C(C)S(C)(=O)=O)c1cccc(OCc2ccccn2)c1. The second-order valence-electron chi connectivity index (χ2n) is 5.88. The minimum atomic E-state index is -3.42. The zero-order valence-corrected chi connectivity index (χ0v) is 15.3. The predicted octanol–water partition coefficient (Wildman–Crippen LogP) is 2.27. The molecule has 25 heavy (non-hydrogen) atoms. The molecule has 6 nitrogen and oxygen atoms in total. The zero-order chi connectivity index (χ0) is 18.4. The number of sulfone groups is 1. The number of benzene rings is 1. The molecule has 2 atom stereocenters. The summed E-state index contributed by atoms with van der Waals surface area (Å²) in [4.78, 5) is 16.2. The van der Waals surface area contributed by atoms with Gasteiger partial charge in [0.25, 0.3) is 0 Å². The van der Waals surface area contributed by atoms with Crippen molar-refractivity contribution in [1.29, 1.82) is 0 Å². The van der Waals surface area contributed by atoms with Crippen LogP contribution in [0.2, 0.25) is 0 Å². The number of hydrogen-bond donors (Lipinski definition) is 1. The number of carbonyl (C=O) groups excluding carboxylic acids is 1. The van der Waals surface area contributed by atoms with Gasteiger partial charge >= 0.3 is 0 Å². The fraction of sp³-hybridized carbons (Fsp3) is 0.333. The van der Waals surface area contributed by atoms with E-state index < -0.39 is 21.0 Å². The van der Waals surface area contributed by atoms with Crippen LogP contribution in [0.4, 0.5) is 0 Å². The van der Waals surface area contributed by atoms with Crippen molar-refractivity contribution >= 4 is 15.7 Å². The van der Waals surface area contributed by atoms with Gasteiger partial charge in [-0.05, 0) is 43.7 Å². The van der Waals surface area contributed by atoms with E-state index in [1.54, 1.807) is 13.1 Å². The molecule has 2 rings (SSSR count). The van der Waals surface area contributed by atoms with E-state index in [-0.39, 0.29) is 6.04 Å². The molecule has 134 valence electrons. The molecule has 1 heterocycles. The van der Waals surface area contributed by atoms with Crippen LogP contribution in [0.1, 0.15) is 31.1 Å². The van der Waals surface area contributed by atoms with Crippen molar-refractivity contribution in [3.63, 3.8) is 0 Å². The first kappa shape index (κ1) is 18.9. The summed E-state index contributed by atoms with van der Waals surface area (Å²) in [5, 5.41) is 1.63. The third-order valence-electron chi connectivity index (χ3n) is 3.84. The first-order valence-electron chi connectivity index (χ1n) is 7.89. The Morgan fingerprint density at radius 1 is 1.20 bits per heavy atom. The van der Waals surface area contributed by atoms with Crippen LogP contribution in [0, 0.1) is 0 Å². The lowest BCUT2D eigenvalue weighted by Gasteiger charge is -2.18. The fourth-order valence-corrected chi connectivity index (χ4v) is 2.58. The molecule has 0 saturated heterocycles. The Hall–Kier alpha value is -2.41. The number of nitrogens with zero attached hydrogens (tertiary/aromatic N) is 1. The van der Waals surface area contributed by atoms with Gasteiger partial charge in [-0.2, -0.15) is 0 Å². The van der Waals surface area contributed by atoms with Crippen molar-refractivity contribution in [2.75, 3.05) is 6.26 Å². The van der Waals surface area contributed by atoms with Crippen LogP contribution in [-0.4, -0.2) is 30.8 Å². The molecule has 0 radical (unpaired) electrons. The maximum absolute atomic E-state index is 12.0. The molecule has 2 unspecified atom stereocenters. The van der Waals surface area contributed by atoms with Crippen molar-refractivity contribution in [3.05, 3.63) is 59.9 Å². The molecule has 0 fully saturated rings. The van der Waals surface area contributed by atoms with Crippen LogP contribution >= 0.6 is 0 Å². The number of amides is 1. The molecule has 2 aromatic rings. The van der Waals surface area contributed by atoms with Gasteiger partial charge in [0.2, 0.25) is 5.91 Å². The number of hydrogen-bond acceptors (Lipinski definition) is 5. The van der Waals surface area contributed by atoms with Crippen LogP contribution in [0.3, 0.4) is 0 Å². The summed E-state index contributed by atoms with van der Waals surface area (Å²) in [6.07, 6.45) is 2.75. The van der Waals surface area contributed by atoms with E-state index in [0.29, 0.717) is 12.4 Å². The van der Waals surface area contributed by atoms with E-state index in [2.05, 4.69) is 10.3 Å². The minimum absolute atomic E-state index is 0.338. The van der Waals surface area contributed by atoms with Gasteiger partial charge in [-0.1, -0.05) is 18.2 Å². The lowest BCUT2D eigenvalue weighted by molar-refractivity contribution is -0.121. The quantitative estimate of drug-likeness (QED) is 0.817. The van der Waals surface area contributed by atoms with Crippen molar-refractivity contribution in [2.24, 2.45) is 0 Å². The van der Waals surface area contributed by atoms with Crippen LogP contribution in [0.15, 0.2) is 48.7 Å². The van der Waals surface area contributed by atoms with E-state index in [4.69, 9.17) is 4.74 Å². The molecule has 7 heteroatoms. The highest BCUT2D eigenvalue weighted by molar-refractivity contribution is 7.92. The molecule has 0 bridgehead atoms. The molecule has 1 amide bonds. The molecule has 0 aliphatic heterocycles. The van der Waals surface area contributed by atoms with Crippen molar-refractivity contribution in [2.45, 2.75) is 31.7 Å². The smallest absolute Gasteiger partial charge is 0.238 e. The van der Waals surface area contributed by atoms with Crippen LogP contribution in [0.25, 0.3) is 0 Å². The Kier molecular flexibility index (Phi) is 6.14. The Labute approximate surface area is 148 Å². The molecule has 0 saturated carbocycles. The van der Waals surface area contributed by atoms with Gasteiger partial charge in [-0.3, -0.25) is 9.78 Å². The summed E-state index contributed by atoms with van der Waals surface area (Å²) < 4.78 is 28.7. The Balaban J connectivity index is 2.01. The summed E-state index contributed by atoms with van der Waals surface area (Å²) in [6.45, 7) is 3.52. The Morgan fingerprint density at radius 2 is 1.96 bits per heavy atom. The topological polar surface area (TPSA) is 85.4 Å². The highest BCUT2D eigenvalue weighted by atomic mass is 32.2. The molecule has 1 aromatic carbocycles. The zero-order valence-electron chi connectivity index (χ0n) is 14.5. The first-order chi connectivity index (χ1) is 11.8. The Morgan fingerprint density at radius 3 is 2.60 bits per heavy atom. The molecule has 0 aliphatic rings. The number of ether oxygens (including phenoxy) is 1. The normalized spacial score (nSPS) is 13.7. The van der Waals surface area contributed by atoms with Crippen LogP contribution in [-0.2, 0) is 21.2 Å². The molecule has 1 aromatic heterocycles. The van der Waals surface area contributed by atoms with Gasteiger partial charge in [0.15, 0.2) is 9.84 Å². The number of aromatic nitrogens is 1. The van der Waals surface area contributed by atoms with E-state index in [0.717, 1.165) is 17.5 Å². The van der Waals surface area contributed by atoms with Crippen LogP contribution < -0.4 is 10.1 Å². The van der Waals surface area contributed by atoms with Gasteiger partial charge in [0.05, 0.1) is 11.7 Å². The van der Waals surface area contributed by atoms with Crippen molar-refractivity contribution in [1.82, 2.24) is 10.3 Å². The predicted molar refractivity (Wildman–Crippen MR) is 95.9 cm³/mol. The standard InChI is InChI=1S/C18H22N2O4S/c1-13(20-18(21)14(2)25(3,22)23)15-7-6-9-17(11-15)24-12-16-8-4-5-10-19-16/h4-11,13-14H,12H2,1-3H3,(H,20,21). The van der Waals surface area contributed by atoms with Gasteiger partial charge < -0.3 is 10.1 Å². The fourth-order valence-electron chi connectivity index (χ4n) is 2.12. The highest BCUT2D eigenvalue weighted by Gasteiger charge is 2.24. The van der Waals surface area contributed by atoms with E-state index in [1.165, 1.54) is 6.92 Å². The average Bonchev–Trinajstić information content (AvgIpc) is 2.59. The van der Waals surface area contributed by atoms with Gasteiger partial charge in [-0.25, -0.2) is 8.42 Å². The van der Waals surface area contributed by atoms with E-state index in [1.807, 2.05) is 42.5 Å². The summed E-state index contributed by atoms with van der Waals surface area (Å²) in [6, 6.07) is 12.6. The third-order valence-corrected chi connectivity index (χ3v) is 5.34. The summed E-state index contributed by atoms with van der Waals surface area (Å²) >= 11 is 0. The maximum atomic E-state index is 12.0. The lowest BCUT2D eigenvalue weighted by Crippen LogP contribution is -2.38. The van der Waals surface area contributed by atoms with E-state index in [9.17, 15) is 13.2 Å². The van der Waals surface area contributed by atoms with Crippen molar-refractivity contribution < 1.29 is 17.9 Å². The second kappa shape index (κ2) is 8.11. The number of rotatable bonds is 7. The number of carbonyl (C=O) groups is 1. The van der Waals surface area contributed by atoms with Crippen molar-refractivity contribution in [3.8, 4) is 5.75 Å². The minimum Gasteiger partial charge on any atom is -0.487 e. The second-order valence-corrected chi connectivity index (χ2v) is 8.25. The average molecular weight is 362 g/mol. The number of nitrogens with one attached hydrogen (secondary N) is 1. The first-order valence-corrected chi connectivity index (χ1v) is 9.84. The van der Waals surface area contributed by atoms with E-state index >= 15 is 0 Å². The highest BCUT2D eigenvalue weighted by Crippen LogP contribution is 2.20. The summed E-state index contributed by atoms with van der Waals surface area (Å²) in [7, 11) is -3.42. The largest absolute Gasteiger partial charge is 0.487 e. The van der Waals surface area contributed by atoms with Gasteiger partial charge in [0, 0.05) is 12.5 Å².